The fourth-order valence-corrected chi connectivity index (χ4v) is 1.97. The average Bonchev–Trinajstić information content (AvgIpc) is 2.31. The first-order chi connectivity index (χ1) is 5.52. The molecule has 0 aromatic rings. The number of hydrogen-bond acceptors (Lipinski definition) is 2. The first kappa shape index (κ1) is 9.52. The van der Waals surface area contributed by atoms with Crippen molar-refractivity contribution in [1.29, 1.82) is 0 Å². The number of likely N-dealkylation sites (tertiary alicyclic amines) is 1. The van der Waals surface area contributed by atoms with Crippen molar-refractivity contribution in [3.63, 3.8) is 0 Å². The van der Waals surface area contributed by atoms with Crippen molar-refractivity contribution in [3.05, 3.63) is 0 Å². The molecule has 1 aliphatic heterocycles. The van der Waals surface area contributed by atoms with Crippen molar-refractivity contribution in [2.24, 2.45) is 17.8 Å². The molecule has 0 aromatic carbocycles. The van der Waals surface area contributed by atoms with Crippen LogP contribution in [0, 0.1) is 17.8 Å². The van der Waals surface area contributed by atoms with Gasteiger partial charge in [0.1, 0.15) is 0 Å². The van der Waals surface area contributed by atoms with Gasteiger partial charge in [0.05, 0.1) is 5.92 Å². The molecule has 3 heteroatoms. The maximum Gasteiger partial charge on any atom is 0.308 e. The Balaban J connectivity index is 2.65. The summed E-state index contributed by atoms with van der Waals surface area (Å²) < 4.78 is 0. The molecular weight excluding hydrogens is 154 g/mol. The van der Waals surface area contributed by atoms with E-state index in [4.69, 9.17) is 5.11 Å². The molecule has 0 aliphatic carbocycles. The maximum atomic E-state index is 10.8. The average molecular weight is 171 g/mol. The second-order valence-corrected chi connectivity index (χ2v) is 4.07. The first-order valence-corrected chi connectivity index (χ1v) is 4.43. The smallest absolute Gasteiger partial charge is 0.308 e. The molecule has 0 aromatic heterocycles. The minimum absolute atomic E-state index is 0.157. The number of carboxylic acid groups (broad SMARTS) is 1. The largest absolute Gasteiger partial charge is 0.481 e. The fraction of sp³-hybridized carbons (Fsp3) is 0.889. The van der Waals surface area contributed by atoms with E-state index in [-0.39, 0.29) is 5.92 Å². The van der Waals surface area contributed by atoms with Gasteiger partial charge in [-0.1, -0.05) is 13.8 Å². The fourth-order valence-electron chi connectivity index (χ4n) is 1.97. The van der Waals surface area contributed by atoms with Gasteiger partial charge in [0, 0.05) is 13.1 Å². The van der Waals surface area contributed by atoms with Gasteiger partial charge in [0.25, 0.3) is 0 Å². The van der Waals surface area contributed by atoms with Crippen LogP contribution in [0.3, 0.4) is 0 Å². The summed E-state index contributed by atoms with van der Waals surface area (Å²) in [4.78, 5) is 12.9. The van der Waals surface area contributed by atoms with Crippen LogP contribution in [0.25, 0.3) is 0 Å². The van der Waals surface area contributed by atoms with Gasteiger partial charge in [0.15, 0.2) is 0 Å². The predicted molar refractivity (Wildman–Crippen MR) is 47.0 cm³/mol. The third-order valence-corrected chi connectivity index (χ3v) is 2.72. The molecule has 1 heterocycles. The quantitative estimate of drug-likeness (QED) is 0.671. The molecule has 1 rings (SSSR count). The molecule has 0 bridgehead atoms. The number of aliphatic carboxylic acids is 1. The van der Waals surface area contributed by atoms with E-state index in [9.17, 15) is 4.79 Å². The van der Waals surface area contributed by atoms with E-state index in [0.29, 0.717) is 18.4 Å². The molecule has 0 amide bonds. The normalized spacial score (nSPS) is 31.3. The lowest BCUT2D eigenvalue weighted by atomic mass is 9.86. The molecule has 1 saturated heterocycles. The minimum atomic E-state index is -0.641. The Labute approximate surface area is 73.4 Å². The molecule has 3 nitrogen and oxygen atoms in total. The van der Waals surface area contributed by atoms with E-state index in [0.717, 1.165) is 6.54 Å². The van der Waals surface area contributed by atoms with Crippen LogP contribution in [-0.2, 0) is 4.79 Å². The number of rotatable bonds is 2. The first-order valence-electron chi connectivity index (χ1n) is 4.43. The van der Waals surface area contributed by atoms with Crippen molar-refractivity contribution in [2.45, 2.75) is 13.8 Å². The molecule has 1 fully saturated rings. The number of hydrogen-bond donors (Lipinski definition) is 1. The molecular formula is C9H17NO2. The van der Waals surface area contributed by atoms with Gasteiger partial charge in [-0.3, -0.25) is 4.79 Å². The minimum Gasteiger partial charge on any atom is -0.481 e. The Kier molecular flexibility index (Phi) is 2.73. The lowest BCUT2D eigenvalue weighted by molar-refractivity contribution is -0.143. The van der Waals surface area contributed by atoms with Crippen molar-refractivity contribution in [3.8, 4) is 0 Å². The highest BCUT2D eigenvalue weighted by molar-refractivity contribution is 5.71. The van der Waals surface area contributed by atoms with Crippen LogP contribution < -0.4 is 0 Å². The molecule has 0 radical (unpaired) electrons. The van der Waals surface area contributed by atoms with Crippen LogP contribution in [0.2, 0.25) is 0 Å². The predicted octanol–water partition coefficient (Wildman–Crippen LogP) is 0.905. The van der Waals surface area contributed by atoms with Crippen LogP contribution in [0.5, 0.6) is 0 Å². The second kappa shape index (κ2) is 3.44. The zero-order valence-corrected chi connectivity index (χ0v) is 7.95. The molecule has 0 saturated carbocycles. The van der Waals surface area contributed by atoms with Crippen LogP contribution in [0.4, 0.5) is 0 Å². The molecule has 70 valence electrons. The Bertz CT molecular complexity index is 179. The molecule has 0 spiro atoms. The highest BCUT2D eigenvalue weighted by Crippen LogP contribution is 2.28. The van der Waals surface area contributed by atoms with Crippen LogP contribution in [0.15, 0.2) is 0 Å². The summed E-state index contributed by atoms with van der Waals surface area (Å²) in [6.45, 7) is 5.83. The van der Waals surface area contributed by atoms with Gasteiger partial charge in [-0.05, 0) is 18.9 Å². The Morgan fingerprint density at radius 3 is 2.42 bits per heavy atom. The third kappa shape index (κ3) is 1.78. The molecule has 12 heavy (non-hydrogen) atoms. The van der Waals surface area contributed by atoms with E-state index >= 15 is 0 Å². The number of nitrogens with zero attached hydrogens (tertiary/aromatic N) is 1. The lowest BCUT2D eigenvalue weighted by Gasteiger charge is -2.17. The Hall–Kier alpha value is -0.570. The van der Waals surface area contributed by atoms with Gasteiger partial charge in [-0.25, -0.2) is 0 Å². The number of carbonyl (C=O) groups is 1. The van der Waals surface area contributed by atoms with E-state index in [1.165, 1.54) is 0 Å². The highest BCUT2D eigenvalue weighted by Gasteiger charge is 2.37. The van der Waals surface area contributed by atoms with Crippen molar-refractivity contribution in [1.82, 2.24) is 4.90 Å². The SMILES string of the molecule is CC(C)C1CN(C)CC1C(=O)O. The van der Waals surface area contributed by atoms with Gasteiger partial charge >= 0.3 is 5.97 Å². The molecule has 2 unspecified atom stereocenters. The van der Waals surface area contributed by atoms with E-state index in [2.05, 4.69) is 18.7 Å². The van der Waals surface area contributed by atoms with Crippen molar-refractivity contribution in [2.75, 3.05) is 20.1 Å². The van der Waals surface area contributed by atoms with Crippen LogP contribution in [-0.4, -0.2) is 36.1 Å². The molecule has 1 N–H and O–H groups in total. The zero-order valence-electron chi connectivity index (χ0n) is 7.95. The van der Waals surface area contributed by atoms with E-state index in [1.807, 2.05) is 7.05 Å². The summed E-state index contributed by atoms with van der Waals surface area (Å²) >= 11 is 0. The molecule has 2 atom stereocenters. The Morgan fingerprint density at radius 2 is 2.08 bits per heavy atom. The topological polar surface area (TPSA) is 40.5 Å². The zero-order chi connectivity index (χ0) is 9.30. The van der Waals surface area contributed by atoms with Crippen molar-refractivity contribution < 1.29 is 9.90 Å². The summed E-state index contributed by atoms with van der Waals surface area (Å²) in [5.41, 5.74) is 0. The van der Waals surface area contributed by atoms with E-state index < -0.39 is 5.97 Å². The van der Waals surface area contributed by atoms with Crippen LogP contribution >= 0.6 is 0 Å². The van der Waals surface area contributed by atoms with Gasteiger partial charge in [-0.2, -0.15) is 0 Å². The molecule has 1 aliphatic rings. The number of carboxylic acids is 1. The van der Waals surface area contributed by atoms with Gasteiger partial charge in [0.2, 0.25) is 0 Å². The third-order valence-electron chi connectivity index (χ3n) is 2.72. The summed E-state index contributed by atoms with van der Waals surface area (Å²) in [6, 6.07) is 0. The van der Waals surface area contributed by atoms with Crippen LogP contribution in [0.1, 0.15) is 13.8 Å². The second-order valence-electron chi connectivity index (χ2n) is 4.07. The Morgan fingerprint density at radius 1 is 1.50 bits per heavy atom. The maximum absolute atomic E-state index is 10.8. The van der Waals surface area contributed by atoms with E-state index in [1.54, 1.807) is 0 Å². The van der Waals surface area contributed by atoms with Crippen molar-refractivity contribution >= 4 is 5.97 Å². The summed E-state index contributed by atoms with van der Waals surface area (Å²) in [5.74, 6) is -0.00315. The lowest BCUT2D eigenvalue weighted by Crippen LogP contribution is -2.25. The standard InChI is InChI=1S/C9H17NO2/c1-6(2)7-4-10(3)5-8(7)9(11)12/h6-8H,4-5H2,1-3H3,(H,11,12). The monoisotopic (exact) mass is 171 g/mol. The van der Waals surface area contributed by atoms with Gasteiger partial charge in [-0.15, -0.1) is 0 Å². The summed E-state index contributed by atoms with van der Waals surface area (Å²) in [6.07, 6.45) is 0. The summed E-state index contributed by atoms with van der Waals surface area (Å²) in [7, 11) is 1.98. The van der Waals surface area contributed by atoms with Gasteiger partial charge < -0.3 is 10.0 Å². The summed E-state index contributed by atoms with van der Waals surface area (Å²) in [5, 5.41) is 8.92. The highest BCUT2D eigenvalue weighted by atomic mass is 16.4.